The summed E-state index contributed by atoms with van der Waals surface area (Å²) in [5.74, 6) is 0.524. The average Bonchev–Trinajstić information content (AvgIpc) is 2.68. The van der Waals surface area contributed by atoms with Crippen molar-refractivity contribution in [3.63, 3.8) is 0 Å². The van der Waals surface area contributed by atoms with Gasteiger partial charge in [0.25, 0.3) is 11.8 Å². The van der Waals surface area contributed by atoms with Crippen LogP contribution >= 0.6 is 11.6 Å². The van der Waals surface area contributed by atoms with E-state index in [2.05, 4.69) is 0 Å². The van der Waals surface area contributed by atoms with Crippen LogP contribution < -0.4 is 4.74 Å². The highest BCUT2D eigenvalue weighted by atomic mass is 35.5. The van der Waals surface area contributed by atoms with Crippen LogP contribution in [0.15, 0.2) is 42.5 Å². The van der Waals surface area contributed by atoms with Gasteiger partial charge in [-0.2, -0.15) is 0 Å². The van der Waals surface area contributed by atoms with Crippen LogP contribution in [-0.2, 0) is 4.79 Å². The predicted molar refractivity (Wildman–Crippen MR) is 105 cm³/mol. The molecule has 0 unspecified atom stereocenters. The Kier molecular flexibility index (Phi) is 6.01. The fourth-order valence-corrected chi connectivity index (χ4v) is 3.22. The molecule has 1 heterocycles. The molecule has 5 nitrogen and oxygen atoms in total. The van der Waals surface area contributed by atoms with Crippen LogP contribution in [-0.4, -0.2) is 54.4 Å². The fourth-order valence-electron chi connectivity index (χ4n) is 3.00. The maximum Gasteiger partial charge on any atom is 0.260 e. The fraction of sp³-hybridized carbons (Fsp3) is 0.333. The second-order valence-corrected chi connectivity index (χ2v) is 7.09. The van der Waals surface area contributed by atoms with Gasteiger partial charge in [-0.25, -0.2) is 0 Å². The third-order valence-corrected chi connectivity index (χ3v) is 5.19. The van der Waals surface area contributed by atoms with Crippen LogP contribution in [0.2, 0.25) is 5.02 Å². The second-order valence-electron chi connectivity index (χ2n) is 6.69. The third kappa shape index (κ3) is 4.61. The summed E-state index contributed by atoms with van der Waals surface area (Å²) in [5.41, 5.74) is 2.82. The lowest BCUT2D eigenvalue weighted by Crippen LogP contribution is -2.51. The molecule has 0 aromatic heterocycles. The first-order chi connectivity index (χ1) is 13.0. The number of ether oxygens (including phenoxy) is 1. The van der Waals surface area contributed by atoms with Crippen molar-refractivity contribution in [1.82, 2.24) is 9.80 Å². The van der Waals surface area contributed by atoms with Gasteiger partial charge in [0.15, 0.2) is 6.61 Å². The molecule has 1 aliphatic rings. The zero-order valence-electron chi connectivity index (χ0n) is 15.6. The van der Waals surface area contributed by atoms with Crippen molar-refractivity contribution < 1.29 is 14.3 Å². The van der Waals surface area contributed by atoms with Crippen molar-refractivity contribution in [2.24, 2.45) is 0 Å². The molecule has 0 bridgehead atoms. The Hall–Kier alpha value is -2.53. The first kappa shape index (κ1) is 19.2. The van der Waals surface area contributed by atoms with Gasteiger partial charge < -0.3 is 14.5 Å². The summed E-state index contributed by atoms with van der Waals surface area (Å²) in [6.07, 6.45) is 0. The molecule has 6 heteroatoms. The summed E-state index contributed by atoms with van der Waals surface area (Å²) >= 11 is 6.11. The molecular weight excluding hydrogens is 364 g/mol. The van der Waals surface area contributed by atoms with E-state index in [1.165, 1.54) is 5.56 Å². The van der Waals surface area contributed by atoms with E-state index in [1.54, 1.807) is 34.1 Å². The molecule has 0 spiro atoms. The lowest BCUT2D eigenvalue weighted by molar-refractivity contribution is -0.134. The quantitative estimate of drug-likeness (QED) is 0.809. The Morgan fingerprint density at radius 3 is 2.30 bits per heavy atom. The van der Waals surface area contributed by atoms with Gasteiger partial charge in [-0.15, -0.1) is 0 Å². The Bertz CT molecular complexity index is 845. The number of rotatable bonds is 4. The molecule has 1 fully saturated rings. The highest BCUT2D eigenvalue weighted by Gasteiger charge is 2.25. The largest absolute Gasteiger partial charge is 0.484 e. The Balaban J connectivity index is 1.51. The van der Waals surface area contributed by atoms with E-state index in [0.717, 1.165) is 5.56 Å². The minimum absolute atomic E-state index is 0.000953. The van der Waals surface area contributed by atoms with Crippen LogP contribution in [0.25, 0.3) is 0 Å². The van der Waals surface area contributed by atoms with Crippen molar-refractivity contribution in [3.05, 3.63) is 64.2 Å². The molecule has 2 aromatic carbocycles. The monoisotopic (exact) mass is 386 g/mol. The van der Waals surface area contributed by atoms with Gasteiger partial charge in [0.1, 0.15) is 5.75 Å². The molecule has 142 valence electrons. The lowest BCUT2D eigenvalue weighted by Gasteiger charge is -2.34. The summed E-state index contributed by atoms with van der Waals surface area (Å²) in [7, 11) is 0. The van der Waals surface area contributed by atoms with Crippen molar-refractivity contribution in [3.8, 4) is 5.75 Å². The Morgan fingerprint density at radius 2 is 1.63 bits per heavy atom. The second kappa shape index (κ2) is 8.44. The number of carbonyl (C=O) groups is 2. The van der Waals surface area contributed by atoms with Gasteiger partial charge >= 0.3 is 0 Å². The summed E-state index contributed by atoms with van der Waals surface area (Å²) in [6.45, 7) is 6.00. The standard InChI is InChI=1S/C21H23ClN2O3/c1-15-7-8-17(13-16(15)2)27-14-20(25)23-9-11-24(12-10-23)21(26)18-5-3-4-6-19(18)22/h3-8,13H,9-12,14H2,1-2H3. The molecule has 3 rings (SSSR count). The number of aryl methyl sites for hydroxylation is 2. The molecule has 0 aliphatic carbocycles. The minimum atomic E-state index is -0.0981. The minimum Gasteiger partial charge on any atom is -0.484 e. The molecule has 1 aliphatic heterocycles. The van der Waals surface area contributed by atoms with Gasteiger partial charge in [-0.05, 0) is 49.2 Å². The molecule has 2 amide bonds. The lowest BCUT2D eigenvalue weighted by atomic mass is 10.1. The Labute approximate surface area is 164 Å². The number of piperazine rings is 1. The maximum atomic E-state index is 12.6. The average molecular weight is 387 g/mol. The number of nitrogens with zero attached hydrogens (tertiary/aromatic N) is 2. The van der Waals surface area contributed by atoms with Crippen molar-refractivity contribution >= 4 is 23.4 Å². The van der Waals surface area contributed by atoms with Crippen LogP contribution in [0.1, 0.15) is 21.5 Å². The molecule has 1 saturated heterocycles. The highest BCUT2D eigenvalue weighted by Crippen LogP contribution is 2.19. The van der Waals surface area contributed by atoms with Gasteiger partial charge in [-0.3, -0.25) is 9.59 Å². The predicted octanol–water partition coefficient (Wildman–Crippen LogP) is 3.32. The zero-order chi connectivity index (χ0) is 19.4. The number of carbonyl (C=O) groups excluding carboxylic acids is 2. The summed E-state index contributed by atoms with van der Waals surface area (Å²) in [4.78, 5) is 28.4. The normalized spacial score (nSPS) is 14.2. The Morgan fingerprint density at radius 1 is 0.963 bits per heavy atom. The molecule has 2 aromatic rings. The van der Waals surface area contributed by atoms with Gasteiger partial charge in [0, 0.05) is 26.2 Å². The molecule has 0 N–H and O–H groups in total. The van der Waals surface area contributed by atoms with E-state index in [4.69, 9.17) is 16.3 Å². The smallest absolute Gasteiger partial charge is 0.260 e. The number of benzene rings is 2. The van der Waals surface area contributed by atoms with E-state index in [9.17, 15) is 9.59 Å². The first-order valence-electron chi connectivity index (χ1n) is 8.97. The topological polar surface area (TPSA) is 49.9 Å². The summed E-state index contributed by atoms with van der Waals surface area (Å²) in [5, 5.41) is 0.447. The number of amides is 2. The van der Waals surface area contributed by atoms with Crippen LogP contribution in [0.5, 0.6) is 5.75 Å². The summed E-state index contributed by atoms with van der Waals surface area (Å²) in [6, 6.07) is 12.8. The molecule has 27 heavy (non-hydrogen) atoms. The molecular formula is C21H23ClN2O3. The SMILES string of the molecule is Cc1ccc(OCC(=O)N2CCN(C(=O)c3ccccc3Cl)CC2)cc1C. The number of hydrogen-bond donors (Lipinski definition) is 0. The van der Waals surface area contributed by atoms with Crippen LogP contribution in [0, 0.1) is 13.8 Å². The third-order valence-electron chi connectivity index (χ3n) is 4.86. The van der Waals surface area contributed by atoms with E-state index in [0.29, 0.717) is 42.5 Å². The summed E-state index contributed by atoms with van der Waals surface area (Å²) < 4.78 is 5.63. The molecule has 0 radical (unpaired) electrons. The van der Waals surface area contributed by atoms with E-state index >= 15 is 0 Å². The zero-order valence-corrected chi connectivity index (χ0v) is 16.3. The van der Waals surface area contributed by atoms with E-state index < -0.39 is 0 Å². The van der Waals surface area contributed by atoms with Gasteiger partial charge in [-0.1, -0.05) is 29.8 Å². The van der Waals surface area contributed by atoms with E-state index in [-0.39, 0.29) is 18.4 Å². The maximum absolute atomic E-state index is 12.6. The van der Waals surface area contributed by atoms with Crippen molar-refractivity contribution in [1.29, 1.82) is 0 Å². The number of halogens is 1. The van der Waals surface area contributed by atoms with Crippen LogP contribution in [0.4, 0.5) is 0 Å². The molecule has 0 atom stereocenters. The van der Waals surface area contributed by atoms with E-state index in [1.807, 2.05) is 32.0 Å². The molecule has 0 saturated carbocycles. The number of hydrogen-bond acceptors (Lipinski definition) is 3. The van der Waals surface area contributed by atoms with Crippen LogP contribution in [0.3, 0.4) is 0 Å². The van der Waals surface area contributed by atoms with Gasteiger partial charge in [0.05, 0.1) is 10.6 Å². The van der Waals surface area contributed by atoms with Crippen molar-refractivity contribution in [2.75, 3.05) is 32.8 Å². The highest BCUT2D eigenvalue weighted by molar-refractivity contribution is 6.33. The first-order valence-corrected chi connectivity index (χ1v) is 9.35. The van der Waals surface area contributed by atoms with Gasteiger partial charge in [0.2, 0.25) is 0 Å². The van der Waals surface area contributed by atoms with Crippen molar-refractivity contribution in [2.45, 2.75) is 13.8 Å².